The van der Waals surface area contributed by atoms with E-state index in [0.29, 0.717) is 12.0 Å². The molecule has 2 N–H and O–H groups in total. The van der Waals surface area contributed by atoms with Crippen LogP contribution in [0.15, 0.2) is 0 Å². The smallest absolute Gasteiger partial charge is 0.223 e. The monoisotopic (exact) mass is 238 g/mol. The zero-order chi connectivity index (χ0) is 12.3. The third kappa shape index (κ3) is 3.21. The number of carbonyl (C=O) groups is 1. The quantitative estimate of drug-likeness (QED) is 0.786. The van der Waals surface area contributed by atoms with Gasteiger partial charge < -0.3 is 10.6 Å². The first-order valence-electron chi connectivity index (χ1n) is 7.21. The van der Waals surface area contributed by atoms with Crippen LogP contribution in [-0.4, -0.2) is 25.0 Å². The zero-order valence-electron chi connectivity index (χ0n) is 11.2. The summed E-state index contributed by atoms with van der Waals surface area (Å²) in [6.45, 7) is 6.36. The lowest BCUT2D eigenvalue weighted by Gasteiger charge is -2.34. The second-order valence-electron chi connectivity index (χ2n) is 5.84. The number of amides is 1. The summed E-state index contributed by atoms with van der Waals surface area (Å²) in [6, 6.07) is 0.445. The number of rotatable bonds is 4. The minimum Gasteiger partial charge on any atom is -0.353 e. The van der Waals surface area contributed by atoms with Gasteiger partial charge in [0.05, 0.1) is 0 Å². The lowest BCUT2D eigenvalue weighted by atomic mass is 9.83. The summed E-state index contributed by atoms with van der Waals surface area (Å²) in [7, 11) is 0. The van der Waals surface area contributed by atoms with E-state index in [-0.39, 0.29) is 11.8 Å². The van der Waals surface area contributed by atoms with Crippen molar-refractivity contribution in [2.45, 2.75) is 52.0 Å². The van der Waals surface area contributed by atoms with Crippen molar-refractivity contribution in [2.24, 2.45) is 17.8 Å². The number of nitrogens with one attached hydrogen (secondary N) is 2. The van der Waals surface area contributed by atoms with Gasteiger partial charge >= 0.3 is 0 Å². The predicted molar refractivity (Wildman–Crippen MR) is 69.7 cm³/mol. The molecule has 0 bridgehead atoms. The second-order valence-corrected chi connectivity index (χ2v) is 5.84. The molecule has 0 radical (unpaired) electrons. The molecule has 1 unspecified atom stereocenters. The Labute approximate surface area is 105 Å². The summed E-state index contributed by atoms with van der Waals surface area (Å²) in [5.41, 5.74) is 0. The molecule has 98 valence electrons. The van der Waals surface area contributed by atoms with Gasteiger partial charge in [-0.2, -0.15) is 0 Å². The molecule has 3 heteroatoms. The lowest BCUT2D eigenvalue weighted by molar-refractivity contribution is -0.127. The third-order valence-corrected chi connectivity index (χ3v) is 4.70. The Kier molecular flexibility index (Phi) is 4.43. The molecule has 0 aromatic heterocycles. The normalized spacial score (nSPS) is 31.6. The number of carbonyl (C=O) groups excluding carboxylic acids is 1. The van der Waals surface area contributed by atoms with Crippen molar-refractivity contribution in [1.29, 1.82) is 0 Å². The first-order chi connectivity index (χ1) is 8.20. The Morgan fingerprint density at radius 2 is 1.94 bits per heavy atom. The third-order valence-electron chi connectivity index (χ3n) is 4.70. The summed E-state index contributed by atoms with van der Waals surface area (Å²) in [6.07, 6.45) is 6.24. The molecule has 1 heterocycles. The van der Waals surface area contributed by atoms with E-state index < -0.39 is 0 Å². The molecule has 0 spiro atoms. The van der Waals surface area contributed by atoms with E-state index in [4.69, 9.17) is 0 Å². The van der Waals surface area contributed by atoms with Crippen molar-refractivity contribution >= 4 is 5.91 Å². The molecule has 1 aliphatic carbocycles. The Hall–Kier alpha value is -0.570. The summed E-state index contributed by atoms with van der Waals surface area (Å²) in [5.74, 6) is 1.91. The standard InChI is InChI=1S/C14H26N2O/c1-3-11-4-6-13(7-5-11)16-14(17)10(2)12-8-15-9-12/h10-13,15H,3-9H2,1-2H3,(H,16,17). The van der Waals surface area contributed by atoms with Gasteiger partial charge in [0, 0.05) is 12.0 Å². The topological polar surface area (TPSA) is 41.1 Å². The van der Waals surface area contributed by atoms with Gasteiger partial charge in [0.1, 0.15) is 0 Å². The van der Waals surface area contributed by atoms with Gasteiger partial charge in [0.25, 0.3) is 0 Å². The van der Waals surface area contributed by atoms with E-state index in [1.54, 1.807) is 0 Å². The van der Waals surface area contributed by atoms with Gasteiger partial charge in [-0.05, 0) is 50.6 Å². The number of hydrogen-bond donors (Lipinski definition) is 2. The fourth-order valence-electron chi connectivity index (χ4n) is 2.93. The molecular formula is C14H26N2O. The molecule has 1 saturated heterocycles. The molecule has 1 atom stereocenters. The van der Waals surface area contributed by atoms with Crippen LogP contribution in [0, 0.1) is 17.8 Å². The lowest BCUT2D eigenvalue weighted by Crippen LogP contribution is -2.51. The van der Waals surface area contributed by atoms with Crippen LogP contribution in [-0.2, 0) is 4.79 Å². The maximum atomic E-state index is 12.1. The van der Waals surface area contributed by atoms with Crippen LogP contribution in [0.4, 0.5) is 0 Å². The van der Waals surface area contributed by atoms with Crippen molar-refractivity contribution in [3.05, 3.63) is 0 Å². The molecule has 0 aromatic rings. The van der Waals surface area contributed by atoms with Crippen LogP contribution in [0.2, 0.25) is 0 Å². The molecule has 1 amide bonds. The van der Waals surface area contributed by atoms with Crippen molar-refractivity contribution in [1.82, 2.24) is 10.6 Å². The van der Waals surface area contributed by atoms with E-state index >= 15 is 0 Å². The molecule has 17 heavy (non-hydrogen) atoms. The van der Waals surface area contributed by atoms with Gasteiger partial charge in [0.2, 0.25) is 5.91 Å². The fourth-order valence-corrected chi connectivity index (χ4v) is 2.93. The Morgan fingerprint density at radius 3 is 2.41 bits per heavy atom. The molecule has 2 fully saturated rings. The second kappa shape index (κ2) is 5.85. The zero-order valence-corrected chi connectivity index (χ0v) is 11.2. The highest BCUT2D eigenvalue weighted by Crippen LogP contribution is 2.27. The van der Waals surface area contributed by atoms with E-state index in [1.165, 1.54) is 32.1 Å². The molecule has 0 aromatic carbocycles. The predicted octanol–water partition coefficient (Wildman–Crippen LogP) is 1.93. The van der Waals surface area contributed by atoms with Crippen LogP contribution in [0.5, 0.6) is 0 Å². The minimum atomic E-state index is 0.181. The fraction of sp³-hybridized carbons (Fsp3) is 0.929. The molecular weight excluding hydrogens is 212 g/mol. The Morgan fingerprint density at radius 1 is 1.29 bits per heavy atom. The first kappa shape index (κ1) is 12.9. The summed E-state index contributed by atoms with van der Waals surface area (Å²) in [5, 5.41) is 6.48. The molecule has 1 saturated carbocycles. The van der Waals surface area contributed by atoms with Crippen molar-refractivity contribution < 1.29 is 4.79 Å². The van der Waals surface area contributed by atoms with E-state index in [9.17, 15) is 4.79 Å². The van der Waals surface area contributed by atoms with Gasteiger partial charge in [-0.1, -0.05) is 20.3 Å². The summed E-state index contributed by atoms with van der Waals surface area (Å²) < 4.78 is 0. The van der Waals surface area contributed by atoms with Gasteiger partial charge in [-0.3, -0.25) is 4.79 Å². The van der Waals surface area contributed by atoms with Gasteiger partial charge in [-0.25, -0.2) is 0 Å². The SMILES string of the molecule is CCC1CCC(NC(=O)C(C)C2CNC2)CC1. The van der Waals surface area contributed by atoms with Crippen LogP contribution in [0.25, 0.3) is 0 Å². The Bertz CT molecular complexity index is 255. The highest BCUT2D eigenvalue weighted by molar-refractivity contribution is 5.79. The molecule has 2 aliphatic rings. The van der Waals surface area contributed by atoms with E-state index in [1.807, 2.05) is 0 Å². The van der Waals surface area contributed by atoms with E-state index in [2.05, 4.69) is 24.5 Å². The average Bonchev–Trinajstić information content (AvgIpc) is 2.27. The largest absolute Gasteiger partial charge is 0.353 e. The highest BCUT2D eigenvalue weighted by Gasteiger charge is 2.30. The minimum absolute atomic E-state index is 0.181. The van der Waals surface area contributed by atoms with Crippen LogP contribution < -0.4 is 10.6 Å². The molecule has 3 nitrogen and oxygen atoms in total. The van der Waals surface area contributed by atoms with Crippen LogP contribution >= 0.6 is 0 Å². The van der Waals surface area contributed by atoms with Gasteiger partial charge in [-0.15, -0.1) is 0 Å². The highest BCUT2D eigenvalue weighted by atomic mass is 16.1. The van der Waals surface area contributed by atoms with Crippen LogP contribution in [0.1, 0.15) is 46.0 Å². The van der Waals surface area contributed by atoms with Crippen molar-refractivity contribution in [2.75, 3.05) is 13.1 Å². The summed E-state index contributed by atoms with van der Waals surface area (Å²) >= 11 is 0. The van der Waals surface area contributed by atoms with E-state index in [0.717, 1.165) is 19.0 Å². The molecule has 1 aliphatic heterocycles. The van der Waals surface area contributed by atoms with Crippen molar-refractivity contribution in [3.8, 4) is 0 Å². The average molecular weight is 238 g/mol. The maximum Gasteiger partial charge on any atom is 0.223 e. The number of hydrogen-bond acceptors (Lipinski definition) is 2. The first-order valence-corrected chi connectivity index (χ1v) is 7.21. The molecule has 2 rings (SSSR count). The summed E-state index contributed by atoms with van der Waals surface area (Å²) in [4.78, 5) is 12.1. The van der Waals surface area contributed by atoms with Crippen LogP contribution in [0.3, 0.4) is 0 Å². The maximum absolute atomic E-state index is 12.1. The van der Waals surface area contributed by atoms with Crippen molar-refractivity contribution in [3.63, 3.8) is 0 Å². The van der Waals surface area contributed by atoms with Gasteiger partial charge in [0.15, 0.2) is 0 Å². The Balaban J connectivity index is 1.71.